The molecular formula is C15F29. The minimum absolute atomic E-state index is 1.34. The fourth-order valence-electron chi connectivity index (χ4n) is 2.35. The maximum atomic E-state index is 13.6. The van der Waals surface area contributed by atoms with Crippen LogP contribution >= 0.6 is 0 Å². The molecule has 0 amide bonds. The number of rotatable bonds is 12. The summed E-state index contributed by atoms with van der Waals surface area (Å²) in [6.45, 7) is 0. The van der Waals surface area contributed by atoms with Gasteiger partial charge in [0.1, 0.15) is 0 Å². The molecule has 0 aromatic rings. The van der Waals surface area contributed by atoms with E-state index in [1.54, 1.807) is 0 Å². The van der Waals surface area contributed by atoms with Crippen molar-refractivity contribution < 1.29 is 127 Å². The summed E-state index contributed by atoms with van der Waals surface area (Å²) in [6, 6.07) is 0. The maximum Gasteiger partial charge on any atom is 0.460 e. The Bertz CT molecular complexity index is 1080. The van der Waals surface area contributed by atoms with Crippen LogP contribution in [0.3, 0.4) is 0 Å². The zero-order valence-corrected chi connectivity index (χ0v) is 18.5. The van der Waals surface area contributed by atoms with E-state index in [0.29, 0.717) is 0 Å². The van der Waals surface area contributed by atoms with E-state index < -0.39 is 89.4 Å². The molecule has 0 aliphatic carbocycles. The van der Waals surface area contributed by atoms with Crippen LogP contribution in [0.1, 0.15) is 0 Å². The molecule has 0 N–H and O–H groups in total. The van der Waals surface area contributed by atoms with E-state index in [1.165, 1.54) is 0 Å². The molecule has 0 atom stereocenters. The Kier molecular flexibility index (Phi) is 9.58. The Hall–Kier alpha value is -2.29. The highest BCUT2D eigenvalue weighted by Gasteiger charge is 3.00. The summed E-state index contributed by atoms with van der Waals surface area (Å²) in [5, 5.41) is 0. The van der Waals surface area contributed by atoms with Crippen LogP contribution < -0.4 is 0 Å². The fraction of sp³-hybridized carbons (Fsp3) is 0.867. The lowest BCUT2D eigenvalue weighted by atomic mass is 9.84. The van der Waals surface area contributed by atoms with Gasteiger partial charge in [-0.15, -0.1) is 0 Å². The second-order valence-electron chi connectivity index (χ2n) is 7.80. The van der Waals surface area contributed by atoms with Crippen LogP contribution in [0.15, 0.2) is 5.83 Å². The van der Waals surface area contributed by atoms with E-state index in [4.69, 9.17) is 0 Å². The first-order valence-corrected chi connectivity index (χ1v) is 8.98. The third kappa shape index (κ3) is 4.60. The van der Waals surface area contributed by atoms with Crippen molar-refractivity contribution >= 4 is 0 Å². The zero-order chi connectivity index (χ0) is 36.8. The molecule has 0 heterocycles. The van der Waals surface area contributed by atoms with Crippen LogP contribution in [0.5, 0.6) is 0 Å². The molecule has 29 heteroatoms. The predicted octanol–water partition coefficient (Wildman–Crippen LogP) is 9.76. The highest BCUT2D eigenvalue weighted by atomic mass is 19.4. The van der Waals surface area contributed by atoms with Gasteiger partial charge in [0.05, 0.1) is 0 Å². The molecule has 0 aliphatic heterocycles. The van der Waals surface area contributed by atoms with Crippen molar-refractivity contribution in [2.24, 2.45) is 0 Å². The van der Waals surface area contributed by atoms with Gasteiger partial charge in [0.15, 0.2) is 6.33 Å². The number of hydrogen-bond donors (Lipinski definition) is 0. The van der Waals surface area contributed by atoms with Crippen LogP contribution in [0.25, 0.3) is 0 Å². The lowest BCUT2D eigenvalue weighted by molar-refractivity contribution is -0.484. The van der Waals surface area contributed by atoms with Gasteiger partial charge in [0.2, 0.25) is 5.83 Å². The lowest BCUT2D eigenvalue weighted by Crippen LogP contribution is -2.78. The summed E-state index contributed by atoms with van der Waals surface area (Å²) >= 11 is 0. The molecule has 0 bridgehead atoms. The second kappa shape index (κ2) is 10.1. The van der Waals surface area contributed by atoms with Gasteiger partial charge in [0.25, 0.3) is 0 Å². The molecule has 0 saturated carbocycles. The average Bonchev–Trinajstić information content (AvgIpc) is 2.80. The molecule has 0 unspecified atom stereocenters. The molecule has 0 saturated heterocycles. The van der Waals surface area contributed by atoms with Gasteiger partial charge in [-0.2, -0.15) is 119 Å². The fourth-order valence-corrected chi connectivity index (χ4v) is 2.35. The van der Waals surface area contributed by atoms with Gasteiger partial charge in [0, 0.05) is 0 Å². The van der Waals surface area contributed by atoms with Gasteiger partial charge < -0.3 is 0 Å². The number of halogens is 29. The standard InChI is InChI=1S/C15F29/c16-1-2(17)3(18,19)4(20,21)5(22,23)6(24,25)7(26,27)8(28,29)9(30,31)10(32,33)11(34,35)12(36,37)13(38,39)14(40,41)15(42,43)44. The Morgan fingerprint density at radius 2 is 0.432 bits per heavy atom. The summed E-state index contributed by atoms with van der Waals surface area (Å²) in [6.07, 6.45) is -9.62. The highest BCUT2D eigenvalue weighted by molar-refractivity contribution is 5.22. The molecule has 0 aromatic heterocycles. The van der Waals surface area contributed by atoms with Crippen molar-refractivity contribution in [1.82, 2.24) is 0 Å². The average molecular weight is 731 g/mol. The van der Waals surface area contributed by atoms with Crippen LogP contribution in [-0.4, -0.2) is 77.2 Å². The maximum absolute atomic E-state index is 13.6. The lowest BCUT2D eigenvalue weighted by Gasteiger charge is -2.46. The second-order valence-corrected chi connectivity index (χ2v) is 7.80. The van der Waals surface area contributed by atoms with Crippen molar-refractivity contribution in [2.75, 3.05) is 0 Å². The predicted molar refractivity (Wildman–Crippen MR) is 74.4 cm³/mol. The molecule has 0 nitrogen and oxygen atoms in total. The number of allylic oxidation sites excluding steroid dienone is 1. The largest absolute Gasteiger partial charge is 0.460 e. The molecule has 263 valence electrons. The molecule has 0 aromatic carbocycles. The van der Waals surface area contributed by atoms with E-state index in [-0.39, 0.29) is 0 Å². The Morgan fingerprint density at radius 1 is 0.273 bits per heavy atom. The molecule has 0 fully saturated rings. The van der Waals surface area contributed by atoms with Gasteiger partial charge in [-0.3, -0.25) is 0 Å². The third-order valence-electron chi connectivity index (χ3n) is 5.05. The van der Waals surface area contributed by atoms with E-state index >= 15 is 0 Å². The minimum Gasteiger partial charge on any atom is -0.201 e. The van der Waals surface area contributed by atoms with E-state index in [9.17, 15) is 127 Å². The van der Waals surface area contributed by atoms with Gasteiger partial charge in [-0.25, -0.2) is 8.78 Å². The summed E-state index contributed by atoms with van der Waals surface area (Å²) in [4.78, 5) is 0. The Morgan fingerprint density at radius 3 is 0.591 bits per heavy atom. The minimum atomic E-state index is -9.89. The SMILES string of the molecule is F/[C]=C(\F)C(F)(F)C(F)(F)C(F)(F)C(F)(F)C(F)(F)C(F)(F)C(F)(F)C(F)(F)C(F)(F)C(F)(F)C(F)(F)C(F)(F)C(F)(F)F. The first-order chi connectivity index (χ1) is 18.5. The third-order valence-corrected chi connectivity index (χ3v) is 5.05. The van der Waals surface area contributed by atoms with Crippen LogP contribution in [0.4, 0.5) is 127 Å². The monoisotopic (exact) mass is 731 g/mol. The van der Waals surface area contributed by atoms with E-state index in [0.717, 1.165) is 0 Å². The summed E-state index contributed by atoms with van der Waals surface area (Å²) in [7, 11) is 0. The molecule has 1 radical (unpaired) electrons. The molecular weight excluding hydrogens is 731 g/mol. The van der Waals surface area contributed by atoms with Crippen molar-refractivity contribution in [2.45, 2.75) is 77.2 Å². The smallest absolute Gasteiger partial charge is 0.201 e. The molecule has 0 rings (SSSR count). The summed E-state index contributed by atoms with van der Waals surface area (Å²) < 4.78 is 379. The first-order valence-electron chi connectivity index (χ1n) is 8.98. The van der Waals surface area contributed by atoms with Crippen LogP contribution in [0.2, 0.25) is 0 Å². The Balaban J connectivity index is 7.51. The van der Waals surface area contributed by atoms with Crippen LogP contribution in [0, 0.1) is 6.33 Å². The van der Waals surface area contributed by atoms with Crippen molar-refractivity contribution in [1.29, 1.82) is 0 Å². The highest BCUT2D eigenvalue weighted by Crippen LogP contribution is 2.68. The quantitative estimate of drug-likeness (QED) is 0.176. The zero-order valence-electron chi connectivity index (χ0n) is 18.5. The topological polar surface area (TPSA) is 0 Å². The first kappa shape index (κ1) is 41.7. The normalized spacial score (nSPS) is 17.3. The van der Waals surface area contributed by atoms with Crippen molar-refractivity contribution in [3.8, 4) is 0 Å². The number of alkyl halides is 27. The Labute approximate surface area is 218 Å². The van der Waals surface area contributed by atoms with Gasteiger partial charge >= 0.3 is 77.2 Å². The van der Waals surface area contributed by atoms with E-state index in [1.807, 2.05) is 0 Å². The van der Waals surface area contributed by atoms with Gasteiger partial charge in [-0.1, -0.05) is 0 Å². The molecule has 44 heavy (non-hydrogen) atoms. The molecule has 0 aliphatic rings. The van der Waals surface area contributed by atoms with Crippen molar-refractivity contribution in [3.63, 3.8) is 0 Å². The summed E-state index contributed by atoms with van der Waals surface area (Å²) in [5.74, 6) is -117. The van der Waals surface area contributed by atoms with Gasteiger partial charge in [-0.05, 0) is 0 Å². The summed E-state index contributed by atoms with van der Waals surface area (Å²) in [5.41, 5.74) is 0. The van der Waals surface area contributed by atoms with E-state index in [2.05, 4.69) is 0 Å². The van der Waals surface area contributed by atoms with Crippen LogP contribution in [-0.2, 0) is 0 Å². The van der Waals surface area contributed by atoms with Crippen molar-refractivity contribution in [3.05, 3.63) is 12.2 Å². The molecule has 0 spiro atoms. The number of hydrogen-bond acceptors (Lipinski definition) is 0.